The van der Waals surface area contributed by atoms with Crippen LogP contribution in [-0.2, 0) is 9.84 Å². The number of aromatic nitrogens is 2. The number of benzene rings is 1. The van der Waals surface area contributed by atoms with Gasteiger partial charge in [-0.2, -0.15) is 0 Å². The van der Waals surface area contributed by atoms with Gasteiger partial charge in [-0.15, -0.1) is 0 Å². The van der Waals surface area contributed by atoms with Crippen LogP contribution in [-0.4, -0.2) is 50.7 Å². The Morgan fingerprint density at radius 1 is 1.11 bits per heavy atom. The van der Waals surface area contributed by atoms with Crippen LogP contribution in [0.5, 0.6) is 5.75 Å². The second kappa shape index (κ2) is 11.3. The number of sulfone groups is 1. The Morgan fingerprint density at radius 2 is 1.84 bits per heavy atom. The van der Waals surface area contributed by atoms with E-state index < -0.39 is 21.7 Å². The molecule has 1 aromatic carbocycles. The lowest BCUT2D eigenvalue weighted by atomic mass is 10.1. The van der Waals surface area contributed by atoms with E-state index in [2.05, 4.69) is 20.9 Å². The SMILES string of the molecule is Cc1ccc(NC(=O)c2ccc(S(C)(=O)=O)cc2OC2CCNCC2)c(C(=O)Nc2ccc(Cl)c[n+]2[O-])n1. The number of rotatable bonds is 7. The molecule has 1 saturated heterocycles. The van der Waals surface area contributed by atoms with E-state index in [0.29, 0.717) is 23.3 Å². The highest BCUT2D eigenvalue weighted by Gasteiger charge is 2.25. The minimum atomic E-state index is -3.55. The van der Waals surface area contributed by atoms with Gasteiger partial charge in [0.1, 0.15) is 18.1 Å². The summed E-state index contributed by atoms with van der Waals surface area (Å²) < 4.78 is 30.8. The van der Waals surface area contributed by atoms with E-state index in [1.807, 2.05) is 0 Å². The summed E-state index contributed by atoms with van der Waals surface area (Å²) >= 11 is 5.80. The third kappa shape index (κ3) is 6.57. The van der Waals surface area contributed by atoms with Crippen LogP contribution < -0.4 is 25.4 Å². The highest BCUT2D eigenvalue weighted by molar-refractivity contribution is 7.90. The molecule has 11 nitrogen and oxygen atoms in total. The average molecular weight is 560 g/mol. The lowest BCUT2D eigenvalue weighted by Gasteiger charge is -2.25. The smallest absolute Gasteiger partial charge is 0.359 e. The molecule has 1 aliphatic rings. The molecule has 0 radical (unpaired) electrons. The number of hydrogen-bond acceptors (Lipinski definition) is 8. The zero-order valence-electron chi connectivity index (χ0n) is 20.7. The summed E-state index contributed by atoms with van der Waals surface area (Å²) in [6, 6.07) is 9.95. The lowest BCUT2D eigenvalue weighted by Crippen LogP contribution is -2.34. The van der Waals surface area contributed by atoms with Gasteiger partial charge < -0.3 is 20.6 Å². The van der Waals surface area contributed by atoms with Crippen molar-refractivity contribution >= 4 is 44.8 Å². The maximum Gasteiger partial charge on any atom is 0.359 e. The van der Waals surface area contributed by atoms with E-state index in [0.717, 1.165) is 25.5 Å². The molecular formula is C25H26ClN5O6S. The highest BCUT2D eigenvalue weighted by Crippen LogP contribution is 2.28. The number of amides is 2. The van der Waals surface area contributed by atoms with Crippen LogP contribution >= 0.6 is 11.6 Å². The van der Waals surface area contributed by atoms with E-state index in [-0.39, 0.29) is 44.5 Å². The number of nitrogens with zero attached hydrogens (tertiary/aromatic N) is 2. The summed E-state index contributed by atoms with van der Waals surface area (Å²) in [5, 5.41) is 20.6. The third-order valence-electron chi connectivity index (χ3n) is 5.82. The Labute approximate surface area is 224 Å². The Morgan fingerprint density at radius 3 is 2.53 bits per heavy atom. The quantitative estimate of drug-likeness (QED) is 0.295. The molecule has 0 aliphatic carbocycles. The van der Waals surface area contributed by atoms with E-state index >= 15 is 0 Å². The number of carbonyl (C=O) groups is 2. The first-order chi connectivity index (χ1) is 18.0. The molecule has 4 rings (SSSR count). The molecule has 3 aromatic rings. The number of pyridine rings is 2. The van der Waals surface area contributed by atoms with Crippen molar-refractivity contribution in [2.45, 2.75) is 30.8 Å². The molecule has 200 valence electrons. The Hall–Kier alpha value is -3.74. The molecule has 1 aliphatic heterocycles. The van der Waals surface area contributed by atoms with Crippen molar-refractivity contribution in [1.82, 2.24) is 10.3 Å². The van der Waals surface area contributed by atoms with Gasteiger partial charge >= 0.3 is 5.91 Å². The Kier molecular flexibility index (Phi) is 8.14. The number of carbonyl (C=O) groups excluding carboxylic acids is 2. The van der Waals surface area contributed by atoms with Crippen LogP contribution in [0.25, 0.3) is 0 Å². The van der Waals surface area contributed by atoms with Crippen molar-refractivity contribution in [2.75, 3.05) is 30.0 Å². The van der Waals surface area contributed by atoms with E-state index in [4.69, 9.17) is 16.3 Å². The zero-order valence-corrected chi connectivity index (χ0v) is 22.2. The molecule has 2 aromatic heterocycles. The van der Waals surface area contributed by atoms with Gasteiger partial charge in [-0.3, -0.25) is 4.79 Å². The lowest BCUT2D eigenvalue weighted by molar-refractivity contribution is -0.589. The number of aryl methyl sites for hydroxylation is 1. The van der Waals surface area contributed by atoms with Gasteiger partial charge in [-0.25, -0.2) is 28.2 Å². The molecule has 13 heteroatoms. The van der Waals surface area contributed by atoms with Crippen molar-refractivity contribution in [2.24, 2.45) is 0 Å². The van der Waals surface area contributed by atoms with E-state index in [9.17, 15) is 23.2 Å². The first-order valence-electron chi connectivity index (χ1n) is 11.7. The summed E-state index contributed by atoms with van der Waals surface area (Å²) in [6.07, 6.45) is 3.36. The summed E-state index contributed by atoms with van der Waals surface area (Å²) in [5.41, 5.74) is 0.566. The van der Waals surface area contributed by atoms with Crippen molar-refractivity contribution in [3.05, 3.63) is 75.8 Å². The predicted octanol–water partition coefficient (Wildman–Crippen LogP) is 2.72. The van der Waals surface area contributed by atoms with Crippen LogP contribution in [0.15, 0.2) is 53.6 Å². The fraction of sp³-hybridized carbons (Fsp3) is 0.280. The van der Waals surface area contributed by atoms with Gasteiger partial charge in [-0.1, -0.05) is 11.6 Å². The molecule has 0 unspecified atom stereocenters. The number of piperidine rings is 1. The fourth-order valence-electron chi connectivity index (χ4n) is 3.86. The predicted molar refractivity (Wildman–Crippen MR) is 141 cm³/mol. The van der Waals surface area contributed by atoms with Gasteiger partial charge in [-0.05, 0) is 69.3 Å². The maximum absolute atomic E-state index is 13.4. The summed E-state index contributed by atoms with van der Waals surface area (Å²) in [5.74, 6) is -1.31. The molecule has 2 amide bonds. The summed E-state index contributed by atoms with van der Waals surface area (Å²) in [4.78, 5) is 30.6. The third-order valence-corrected chi connectivity index (χ3v) is 7.16. The molecule has 3 heterocycles. The number of hydrogen-bond donors (Lipinski definition) is 3. The minimum absolute atomic E-state index is 0.0175. The molecule has 1 fully saturated rings. The van der Waals surface area contributed by atoms with E-state index in [1.54, 1.807) is 13.0 Å². The van der Waals surface area contributed by atoms with Crippen molar-refractivity contribution in [1.29, 1.82) is 0 Å². The number of halogens is 1. The largest absolute Gasteiger partial charge is 0.711 e. The van der Waals surface area contributed by atoms with Gasteiger partial charge in [0, 0.05) is 18.0 Å². The highest BCUT2D eigenvalue weighted by atomic mass is 35.5. The minimum Gasteiger partial charge on any atom is -0.711 e. The molecule has 3 N–H and O–H groups in total. The Balaban J connectivity index is 1.63. The van der Waals surface area contributed by atoms with Gasteiger partial charge in [0.15, 0.2) is 15.5 Å². The summed E-state index contributed by atoms with van der Waals surface area (Å²) in [7, 11) is -3.55. The molecule has 0 spiro atoms. The topological polar surface area (TPSA) is 153 Å². The monoisotopic (exact) mass is 559 g/mol. The first kappa shape index (κ1) is 27.3. The number of anilines is 2. The normalized spacial score (nSPS) is 14.1. The second-order valence-corrected chi connectivity index (χ2v) is 11.3. The molecular weight excluding hydrogens is 534 g/mol. The van der Waals surface area contributed by atoms with Gasteiger partial charge in [0.05, 0.1) is 21.2 Å². The Bertz CT molecular complexity index is 1490. The van der Waals surface area contributed by atoms with Gasteiger partial charge in [0.25, 0.3) is 11.7 Å². The second-order valence-electron chi connectivity index (χ2n) is 8.81. The van der Waals surface area contributed by atoms with Crippen molar-refractivity contribution in [3.63, 3.8) is 0 Å². The molecule has 38 heavy (non-hydrogen) atoms. The van der Waals surface area contributed by atoms with Crippen molar-refractivity contribution < 1.29 is 27.5 Å². The van der Waals surface area contributed by atoms with Crippen molar-refractivity contribution in [3.8, 4) is 5.75 Å². The van der Waals surface area contributed by atoms with Crippen LogP contribution in [0.2, 0.25) is 5.02 Å². The standard InChI is InChI=1S/C25H26ClN5O6S/c1-15-3-7-20(23(28-15)25(33)30-22-8-4-16(26)14-31(22)34)29-24(32)19-6-5-18(38(2,35)36)13-21(19)37-17-9-11-27-12-10-17/h3-8,13-14,17,27H,9-12H2,1-2H3,(H,29,32)(H,30,33). The molecule has 0 atom stereocenters. The maximum atomic E-state index is 13.4. The van der Waals surface area contributed by atoms with Crippen LogP contribution in [0.4, 0.5) is 11.5 Å². The first-order valence-corrected chi connectivity index (χ1v) is 14.0. The fourth-order valence-corrected chi connectivity index (χ4v) is 4.65. The average Bonchev–Trinajstić information content (AvgIpc) is 2.86. The van der Waals surface area contributed by atoms with Gasteiger partial charge in [0.2, 0.25) is 0 Å². The van der Waals surface area contributed by atoms with E-state index in [1.165, 1.54) is 36.4 Å². The number of nitrogens with one attached hydrogen (secondary N) is 3. The molecule has 0 saturated carbocycles. The zero-order chi connectivity index (χ0) is 27.4. The summed E-state index contributed by atoms with van der Waals surface area (Å²) in [6.45, 7) is 3.15. The van der Waals surface area contributed by atoms with Crippen LogP contribution in [0.3, 0.4) is 0 Å². The van der Waals surface area contributed by atoms with Crippen LogP contribution in [0.1, 0.15) is 39.4 Å². The number of ether oxygens (including phenoxy) is 1. The van der Waals surface area contributed by atoms with Crippen LogP contribution in [0, 0.1) is 12.1 Å². The molecule has 0 bridgehead atoms.